The van der Waals surface area contributed by atoms with Crippen molar-refractivity contribution in [3.05, 3.63) is 24.3 Å². The van der Waals surface area contributed by atoms with Gasteiger partial charge in [-0.15, -0.1) is 0 Å². The first-order chi connectivity index (χ1) is 28.3. The van der Waals surface area contributed by atoms with Crippen LogP contribution in [0.5, 0.6) is 0 Å². The molecule has 0 spiro atoms. The molecule has 0 saturated carbocycles. The second-order valence-corrected chi connectivity index (χ2v) is 17.9. The van der Waals surface area contributed by atoms with Gasteiger partial charge in [0.25, 0.3) is 0 Å². The van der Waals surface area contributed by atoms with Gasteiger partial charge in [0.1, 0.15) is 12.2 Å². The van der Waals surface area contributed by atoms with Crippen LogP contribution in [0.1, 0.15) is 232 Å². The molecular formula is C48H93O9P. The van der Waals surface area contributed by atoms with Crippen LogP contribution in [-0.2, 0) is 27.9 Å². The summed E-state index contributed by atoms with van der Waals surface area (Å²) in [5.74, 6) is -0.384. The molecule has 0 amide bonds. The van der Waals surface area contributed by atoms with Crippen LogP contribution in [0.15, 0.2) is 24.3 Å². The van der Waals surface area contributed by atoms with E-state index in [0.717, 1.165) is 51.4 Å². The molecular weight excluding hydrogens is 751 g/mol. The fraction of sp³-hybridized carbons (Fsp3) is 0.896. The Morgan fingerprint density at radius 2 is 0.879 bits per heavy atom. The lowest BCUT2D eigenvalue weighted by atomic mass is 10.1. The van der Waals surface area contributed by atoms with E-state index in [2.05, 4.69) is 38.2 Å². The maximum Gasteiger partial charge on any atom is 0.472 e. The lowest BCUT2D eigenvalue weighted by Gasteiger charge is -2.20. The summed E-state index contributed by atoms with van der Waals surface area (Å²) in [6.45, 7) is 3.54. The third-order valence-electron chi connectivity index (χ3n) is 10.6. The summed E-state index contributed by atoms with van der Waals surface area (Å²) in [6.07, 6.45) is 48.5. The largest absolute Gasteiger partial charge is 0.472 e. The number of allylic oxidation sites excluding steroid dienone is 4. The van der Waals surface area contributed by atoms with Gasteiger partial charge in [0.2, 0.25) is 0 Å². The van der Waals surface area contributed by atoms with Gasteiger partial charge in [0.15, 0.2) is 0 Å². The number of esters is 1. The first-order valence-electron chi connectivity index (χ1n) is 24.3. The van der Waals surface area contributed by atoms with Gasteiger partial charge < -0.3 is 24.6 Å². The number of hydrogen-bond acceptors (Lipinski definition) is 8. The molecule has 0 aromatic carbocycles. The minimum atomic E-state index is -4.52. The summed E-state index contributed by atoms with van der Waals surface area (Å²) in [7, 11) is -4.52. The quantitative estimate of drug-likeness (QED) is 0.0237. The highest BCUT2D eigenvalue weighted by molar-refractivity contribution is 7.47. The number of aliphatic hydroxyl groups is 2. The monoisotopic (exact) mass is 845 g/mol. The molecule has 3 N–H and O–H groups in total. The smallest absolute Gasteiger partial charge is 0.457 e. The number of hydrogen-bond donors (Lipinski definition) is 3. The van der Waals surface area contributed by atoms with Crippen molar-refractivity contribution in [2.45, 2.75) is 244 Å². The average molecular weight is 845 g/mol. The third-order valence-corrected chi connectivity index (χ3v) is 11.6. The predicted molar refractivity (Wildman–Crippen MR) is 242 cm³/mol. The molecule has 0 aromatic heterocycles. The Kier molecular flexibility index (Phi) is 44.6. The fourth-order valence-corrected chi connectivity index (χ4v) is 7.67. The molecule has 0 rings (SSSR count). The Morgan fingerprint density at radius 1 is 0.517 bits per heavy atom. The number of phosphoric ester groups is 1. The molecule has 10 heteroatoms. The van der Waals surface area contributed by atoms with Gasteiger partial charge in [0, 0.05) is 13.0 Å². The Balaban J connectivity index is 4.09. The van der Waals surface area contributed by atoms with Crippen molar-refractivity contribution >= 4 is 13.8 Å². The van der Waals surface area contributed by atoms with E-state index < -0.39 is 33.2 Å². The number of aliphatic hydroxyl groups excluding tert-OH is 2. The molecule has 0 saturated heterocycles. The van der Waals surface area contributed by atoms with Crippen LogP contribution in [0, 0.1) is 0 Å². The Hall–Kier alpha value is -1.06. The first kappa shape index (κ1) is 56.9. The van der Waals surface area contributed by atoms with E-state index in [0.29, 0.717) is 6.61 Å². The molecule has 0 aliphatic rings. The normalized spacial score (nSPS) is 14.1. The number of carbonyl (C=O) groups is 1. The zero-order valence-electron chi connectivity index (χ0n) is 37.8. The highest BCUT2D eigenvalue weighted by Gasteiger charge is 2.26. The molecule has 3 unspecified atom stereocenters. The average Bonchev–Trinajstić information content (AvgIpc) is 3.21. The molecule has 0 fully saturated rings. The van der Waals surface area contributed by atoms with Crippen molar-refractivity contribution in [3.8, 4) is 0 Å². The maximum absolute atomic E-state index is 12.6. The van der Waals surface area contributed by atoms with Gasteiger partial charge in [-0.25, -0.2) is 4.57 Å². The van der Waals surface area contributed by atoms with Gasteiger partial charge in [-0.1, -0.05) is 186 Å². The molecule has 9 nitrogen and oxygen atoms in total. The summed E-state index contributed by atoms with van der Waals surface area (Å²) in [5, 5.41) is 18.4. The third kappa shape index (κ3) is 44.5. The van der Waals surface area contributed by atoms with Crippen LogP contribution < -0.4 is 0 Å². The molecule has 0 aliphatic carbocycles. The first-order valence-corrected chi connectivity index (χ1v) is 25.8. The van der Waals surface area contributed by atoms with Gasteiger partial charge in [-0.2, -0.15) is 0 Å². The zero-order chi connectivity index (χ0) is 42.5. The van der Waals surface area contributed by atoms with Crippen LogP contribution in [-0.4, -0.2) is 66.3 Å². The van der Waals surface area contributed by atoms with E-state index in [1.807, 2.05) is 0 Å². The van der Waals surface area contributed by atoms with Crippen LogP contribution in [0.25, 0.3) is 0 Å². The van der Waals surface area contributed by atoms with E-state index in [4.69, 9.17) is 23.6 Å². The zero-order valence-corrected chi connectivity index (χ0v) is 38.7. The van der Waals surface area contributed by atoms with Gasteiger partial charge in [-0.3, -0.25) is 13.8 Å². The van der Waals surface area contributed by atoms with Crippen LogP contribution in [0.4, 0.5) is 0 Å². The number of ether oxygens (including phenoxy) is 2. The van der Waals surface area contributed by atoms with Crippen molar-refractivity contribution < 1.29 is 43.0 Å². The Bertz CT molecular complexity index is 959. The molecule has 0 aromatic rings. The van der Waals surface area contributed by atoms with Gasteiger partial charge in [-0.05, 0) is 64.2 Å². The predicted octanol–water partition coefficient (Wildman–Crippen LogP) is 13.8. The standard InChI is InChI=1S/C48H93O9P/c1-3-5-7-9-11-13-15-17-19-21-22-23-25-27-29-31-33-35-37-39-41-54-44-47(45-56-58(52,53)55-43-46(50)42-49)57-48(51)40-38-36-34-32-30-28-26-24-20-18-16-14-12-10-8-6-4-2/h17-20,46-47,49-50H,3-16,21-45H2,1-2H3,(H,52,53)/b19-17-,20-18-. The Labute approximate surface area is 357 Å². The minimum Gasteiger partial charge on any atom is -0.457 e. The molecule has 58 heavy (non-hydrogen) atoms. The molecule has 3 atom stereocenters. The van der Waals surface area contributed by atoms with Crippen molar-refractivity contribution in [3.63, 3.8) is 0 Å². The lowest BCUT2D eigenvalue weighted by molar-refractivity contribution is -0.154. The van der Waals surface area contributed by atoms with Crippen LogP contribution in [0.3, 0.4) is 0 Å². The van der Waals surface area contributed by atoms with E-state index in [1.165, 1.54) is 161 Å². The van der Waals surface area contributed by atoms with E-state index in [-0.39, 0.29) is 25.6 Å². The number of phosphoric acid groups is 1. The van der Waals surface area contributed by atoms with E-state index in [1.54, 1.807) is 0 Å². The van der Waals surface area contributed by atoms with Gasteiger partial charge >= 0.3 is 13.8 Å². The van der Waals surface area contributed by atoms with E-state index in [9.17, 15) is 19.4 Å². The molecule has 0 radical (unpaired) electrons. The summed E-state index contributed by atoms with van der Waals surface area (Å²) >= 11 is 0. The van der Waals surface area contributed by atoms with Crippen LogP contribution >= 0.6 is 7.82 Å². The number of rotatable bonds is 47. The molecule has 344 valence electrons. The highest BCUT2D eigenvalue weighted by Crippen LogP contribution is 2.43. The van der Waals surface area contributed by atoms with Crippen LogP contribution in [0.2, 0.25) is 0 Å². The van der Waals surface area contributed by atoms with Crippen molar-refractivity contribution in [1.29, 1.82) is 0 Å². The summed E-state index contributed by atoms with van der Waals surface area (Å²) in [5.41, 5.74) is 0. The lowest BCUT2D eigenvalue weighted by Crippen LogP contribution is -2.29. The number of unbranched alkanes of at least 4 members (excludes halogenated alkanes) is 29. The van der Waals surface area contributed by atoms with Crippen molar-refractivity contribution in [2.75, 3.05) is 33.0 Å². The second kappa shape index (κ2) is 45.5. The summed E-state index contributed by atoms with van der Waals surface area (Å²) in [4.78, 5) is 22.6. The Morgan fingerprint density at radius 3 is 1.29 bits per heavy atom. The van der Waals surface area contributed by atoms with Gasteiger partial charge in [0.05, 0.1) is 26.4 Å². The molecule has 0 heterocycles. The van der Waals surface area contributed by atoms with Crippen molar-refractivity contribution in [1.82, 2.24) is 0 Å². The van der Waals surface area contributed by atoms with E-state index >= 15 is 0 Å². The second-order valence-electron chi connectivity index (χ2n) is 16.5. The maximum atomic E-state index is 12.6. The SMILES string of the molecule is CCCCCCCC/C=C\CCCCCCCCCCCCOCC(COP(=O)(O)OCC(O)CO)OC(=O)CCCCCCCCC/C=C\CCCCCCCC. The topological polar surface area (TPSA) is 132 Å². The fourth-order valence-electron chi connectivity index (χ4n) is 6.88. The molecule has 0 bridgehead atoms. The van der Waals surface area contributed by atoms with Crippen molar-refractivity contribution in [2.24, 2.45) is 0 Å². The summed E-state index contributed by atoms with van der Waals surface area (Å²) < 4.78 is 33.5. The molecule has 0 aliphatic heterocycles. The minimum absolute atomic E-state index is 0.0498. The number of carbonyl (C=O) groups excluding carboxylic acids is 1. The summed E-state index contributed by atoms with van der Waals surface area (Å²) in [6, 6.07) is 0. The highest BCUT2D eigenvalue weighted by atomic mass is 31.2.